The SMILES string of the molecule is CC.CC.CCC.c1ccc(CC2CNCCN2)cc1. The van der Waals surface area contributed by atoms with E-state index in [-0.39, 0.29) is 0 Å². The van der Waals surface area contributed by atoms with E-state index in [1.54, 1.807) is 0 Å². The third-order valence-electron chi connectivity index (χ3n) is 2.45. The molecule has 0 saturated carbocycles. The molecule has 2 heteroatoms. The van der Waals surface area contributed by atoms with Crippen molar-refractivity contribution < 1.29 is 0 Å². The van der Waals surface area contributed by atoms with E-state index < -0.39 is 0 Å². The summed E-state index contributed by atoms with van der Waals surface area (Å²) in [4.78, 5) is 0. The maximum atomic E-state index is 3.51. The summed E-state index contributed by atoms with van der Waals surface area (Å²) in [5, 5.41) is 6.90. The van der Waals surface area contributed by atoms with Crippen LogP contribution >= 0.6 is 0 Å². The van der Waals surface area contributed by atoms with Crippen molar-refractivity contribution in [2.45, 2.75) is 60.4 Å². The molecule has 2 rings (SSSR count). The summed E-state index contributed by atoms with van der Waals surface area (Å²) in [6.07, 6.45) is 2.38. The van der Waals surface area contributed by atoms with Gasteiger partial charge in [-0.3, -0.25) is 0 Å². The van der Waals surface area contributed by atoms with Gasteiger partial charge in [0.15, 0.2) is 0 Å². The van der Waals surface area contributed by atoms with Crippen LogP contribution in [0.25, 0.3) is 0 Å². The molecule has 1 atom stereocenters. The summed E-state index contributed by atoms with van der Waals surface area (Å²) in [5.74, 6) is 0. The summed E-state index contributed by atoms with van der Waals surface area (Å²) in [5.41, 5.74) is 1.42. The molecule has 20 heavy (non-hydrogen) atoms. The molecule has 0 aliphatic carbocycles. The standard InChI is InChI=1S/C11H16N2.C3H8.2C2H6/c1-2-4-10(5-3-1)8-11-9-12-6-7-13-11;1-3-2;2*1-2/h1-5,11-13H,6-9H2;3H2,1-2H3;2*1-2H3. The second kappa shape index (κ2) is 18.1. The first-order chi connectivity index (χ1) is 9.86. The minimum Gasteiger partial charge on any atom is -0.314 e. The first-order valence-electron chi connectivity index (χ1n) is 8.34. The number of hydrogen-bond donors (Lipinski definition) is 2. The van der Waals surface area contributed by atoms with E-state index in [2.05, 4.69) is 54.8 Å². The van der Waals surface area contributed by atoms with Gasteiger partial charge in [0, 0.05) is 25.7 Å². The average molecular weight is 280 g/mol. The molecule has 2 N–H and O–H groups in total. The smallest absolute Gasteiger partial charge is 0.0233 e. The molecule has 2 nitrogen and oxygen atoms in total. The second-order valence-electron chi connectivity index (χ2n) is 4.25. The summed E-state index contributed by atoms with van der Waals surface area (Å²) in [6, 6.07) is 11.3. The van der Waals surface area contributed by atoms with Crippen LogP contribution in [-0.2, 0) is 6.42 Å². The van der Waals surface area contributed by atoms with Crippen molar-refractivity contribution in [2.75, 3.05) is 19.6 Å². The maximum Gasteiger partial charge on any atom is 0.0233 e. The van der Waals surface area contributed by atoms with Gasteiger partial charge in [0.2, 0.25) is 0 Å². The summed E-state index contributed by atoms with van der Waals surface area (Å²) in [7, 11) is 0. The highest BCUT2D eigenvalue weighted by atomic mass is 15.0. The molecule has 118 valence electrons. The zero-order valence-corrected chi connectivity index (χ0v) is 14.5. The Kier molecular flexibility index (Phi) is 19.4. The van der Waals surface area contributed by atoms with Gasteiger partial charge in [-0.2, -0.15) is 0 Å². The third kappa shape index (κ3) is 12.2. The van der Waals surface area contributed by atoms with Crippen LogP contribution in [0.3, 0.4) is 0 Å². The van der Waals surface area contributed by atoms with Gasteiger partial charge in [0.05, 0.1) is 0 Å². The fraction of sp³-hybridized carbons (Fsp3) is 0.667. The van der Waals surface area contributed by atoms with Gasteiger partial charge < -0.3 is 10.6 Å². The molecule has 1 saturated heterocycles. The molecule has 0 spiro atoms. The van der Waals surface area contributed by atoms with Crippen molar-refractivity contribution in [2.24, 2.45) is 0 Å². The number of piperazine rings is 1. The fourth-order valence-electron chi connectivity index (χ4n) is 1.76. The molecule has 1 aromatic carbocycles. The van der Waals surface area contributed by atoms with Gasteiger partial charge in [-0.15, -0.1) is 0 Å². The van der Waals surface area contributed by atoms with Crippen LogP contribution in [0, 0.1) is 0 Å². The predicted octanol–water partition coefficient (Wildman–Crippen LogP) is 4.26. The second-order valence-corrected chi connectivity index (χ2v) is 4.25. The molecule has 0 radical (unpaired) electrons. The van der Waals surface area contributed by atoms with Crippen molar-refractivity contribution in [3.8, 4) is 0 Å². The lowest BCUT2D eigenvalue weighted by molar-refractivity contribution is 0.416. The minimum atomic E-state index is 0.608. The molecular weight excluding hydrogens is 244 g/mol. The van der Waals surface area contributed by atoms with Crippen molar-refractivity contribution in [3.05, 3.63) is 35.9 Å². The highest BCUT2D eigenvalue weighted by Crippen LogP contribution is 2.03. The van der Waals surface area contributed by atoms with Gasteiger partial charge in [-0.25, -0.2) is 0 Å². The van der Waals surface area contributed by atoms with Gasteiger partial charge >= 0.3 is 0 Å². The zero-order valence-electron chi connectivity index (χ0n) is 14.5. The summed E-state index contributed by atoms with van der Waals surface area (Å²) < 4.78 is 0. The molecule has 0 amide bonds. The van der Waals surface area contributed by atoms with E-state index in [9.17, 15) is 0 Å². The molecule has 1 fully saturated rings. The van der Waals surface area contributed by atoms with Crippen LogP contribution in [0.2, 0.25) is 0 Å². The van der Waals surface area contributed by atoms with Gasteiger partial charge in [0.1, 0.15) is 0 Å². The molecule has 1 unspecified atom stereocenters. The third-order valence-corrected chi connectivity index (χ3v) is 2.45. The van der Waals surface area contributed by atoms with Crippen LogP contribution in [0.4, 0.5) is 0 Å². The molecule has 1 aliphatic rings. The zero-order chi connectivity index (χ0) is 15.6. The first kappa shape index (κ1) is 21.4. The van der Waals surface area contributed by atoms with E-state index >= 15 is 0 Å². The van der Waals surface area contributed by atoms with Crippen molar-refractivity contribution >= 4 is 0 Å². The van der Waals surface area contributed by atoms with E-state index in [0.717, 1.165) is 26.1 Å². The quantitative estimate of drug-likeness (QED) is 0.846. The Morgan fingerprint density at radius 2 is 1.50 bits per heavy atom. The van der Waals surface area contributed by atoms with E-state index in [1.165, 1.54) is 12.0 Å². The van der Waals surface area contributed by atoms with Crippen LogP contribution in [0.15, 0.2) is 30.3 Å². The van der Waals surface area contributed by atoms with Crippen molar-refractivity contribution in [1.29, 1.82) is 0 Å². The Labute approximate surface area is 127 Å². The number of nitrogens with one attached hydrogen (secondary N) is 2. The Morgan fingerprint density at radius 1 is 0.950 bits per heavy atom. The van der Waals surface area contributed by atoms with Crippen LogP contribution < -0.4 is 10.6 Å². The topological polar surface area (TPSA) is 24.1 Å². The van der Waals surface area contributed by atoms with Gasteiger partial charge in [-0.1, -0.05) is 78.3 Å². The molecule has 1 heterocycles. The van der Waals surface area contributed by atoms with Crippen LogP contribution in [-0.4, -0.2) is 25.7 Å². The minimum absolute atomic E-state index is 0.608. The summed E-state index contributed by atoms with van der Waals surface area (Å²) in [6.45, 7) is 15.5. The lowest BCUT2D eigenvalue weighted by atomic mass is 10.1. The monoisotopic (exact) mass is 280 g/mol. The van der Waals surface area contributed by atoms with Crippen molar-refractivity contribution in [3.63, 3.8) is 0 Å². The Hall–Kier alpha value is -0.860. The van der Waals surface area contributed by atoms with E-state index in [1.807, 2.05) is 27.7 Å². The highest BCUT2D eigenvalue weighted by Gasteiger charge is 2.11. The van der Waals surface area contributed by atoms with E-state index in [0.29, 0.717) is 6.04 Å². The normalized spacial score (nSPS) is 16.4. The Bertz CT molecular complexity index is 253. The highest BCUT2D eigenvalue weighted by molar-refractivity contribution is 5.16. The van der Waals surface area contributed by atoms with Crippen molar-refractivity contribution in [1.82, 2.24) is 10.6 Å². The van der Waals surface area contributed by atoms with Gasteiger partial charge in [0.25, 0.3) is 0 Å². The predicted molar refractivity (Wildman–Crippen MR) is 93.5 cm³/mol. The molecule has 0 bridgehead atoms. The maximum absolute atomic E-state index is 3.51. The fourth-order valence-corrected chi connectivity index (χ4v) is 1.76. The number of hydrogen-bond acceptors (Lipinski definition) is 2. The average Bonchev–Trinajstić information content (AvgIpc) is 2.54. The Morgan fingerprint density at radius 3 is 1.95 bits per heavy atom. The van der Waals surface area contributed by atoms with Crippen LogP contribution in [0.1, 0.15) is 53.5 Å². The number of rotatable bonds is 2. The lowest BCUT2D eigenvalue weighted by Crippen LogP contribution is -2.49. The molecule has 0 aromatic heterocycles. The lowest BCUT2D eigenvalue weighted by Gasteiger charge is -2.24. The largest absolute Gasteiger partial charge is 0.314 e. The number of benzene rings is 1. The van der Waals surface area contributed by atoms with Gasteiger partial charge in [-0.05, 0) is 12.0 Å². The van der Waals surface area contributed by atoms with E-state index in [4.69, 9.17) is 0 Å². The first-order valence-corrected chi connectivity index (χ1v) is 8.34. The van der Waals surface area contributed by atoms with Crippen LogP contribution in [0.5, 0.6) is 0 Å². The Balaban J connectivity index is 0. The molecule has 1 aromatic rings. The summed E-state index contributed by atoms with van der Waals surface area (Å²) >= 11 is 0. The molecular formula is C18H36N2. The molecule has 1 aliphatic heterocycles.